The summed E-state index contributed by atoms with van der Waals surface area (Å²) >= 11 is 0. The second-order valence-corrected chi connectivity index (χ2v) is 4.12. The molecule has 6 heteroatoms. The van der Waals surface area contributed by atoms with Gasteiger partial charge in [-0.1, -0.05) is 0 Å². The molecular weight excluding hydrogens is 252 g/mol. The first-order valence-electron chi connectivity index (χ1n) is 5.36. The molecule has 0 aliphatic carbocycles. The van der Waals surface area contributed by atoms with E-state index in [9.17, 15) is 30.6 Å². The van der Waals surface area contributed by atoms with Crippen molar-refractivity contribution < 1.29 is 30.6 Å². The average molecular weight is 264 g/mol. The highest BCUT2D eigenvalue weighted by atomic mass is 16.3. The molecule has 0 heterocycles. The summed E-state index contributed by atoms with van der Waals surface area (Å²) in [6.45, 7) is 0. The molecule has 0 radical (unpaired) electrons. The lowest BCUT2D eigenvalue weighted by atomic mass is 10.0. The van der Waals surface area contributed by atoms with Gasteiger partial charge in [0.2, 0.25) is 0 Å². The molecule has 0 atom stereocenters. The molecule has 0 bridgehead atoms. The van der Waals surface area contributed by atoms with Gasteiger partial charge in [0.25, 0.3) is 0 Å². The maximum Gasteiger partial charge on any atom is 0.161 e. The fourth-order valence-electron chi connectivity index (χ4n) is 1.71. The van der Waals surface area contributed by atoms with Crippen molar-refractivity contribution in [1.29, 1.82) is 0 Å². The van der Waals surface area contributed by atoms with Gasteiger partial charge in [0.05, 0.1) is 0 Å². The minimum Gasteiger partial charge on any atom is -0.508 e. The van der Waals surface area contributed by atoms with Crippen LogP contribution in [0.25, 0.3) is 0 Å². The molecule has 6 N–H and O–H groups in total. The highest BCUT2D eigenvalue weighted by Crippen LogP contribution is 2.37. The zero-order valence-electron chi connectivity index (χ0n) is 9.70. The zero-order valence-corrected chi connectivity index (χ0v) is 9.70. The largest absolute Gasteiger partial charge is 0.508 e. The molecule has 19 heavy (non-hydrogen) atoms. The molecule has 2 aromatic carbocycles. The first-order valence-corrected chi connectivity index (χ1v) is 5.36. The van der Waals surface area contributed by atoms with Crippen LogP contribution >= 0.6 is 0 Å². The summed E-state index contributed by atoms with van der Waals surface area (Å²) in [5.74, 6) is -2.26. The van der Waals surface area contributed by atoms with Crippen molar-refractivity contribution >= 4 is 0 Å². The van der Waals surface area contributed by atoms with Gasteiger partial charge >= 0.3 is 0 Å². The molecular formula is C13H12O6. The second-order valence-electron chi connectivity index (χ2n) is 4.12. The molecule has 2 rings (SSSR count). The summed E-state index contributed by atoms with van der Waals surface area (Å²) in [4.78, 5) is 0. The van der Waals surface area contributed by atoms with E-state index in [0.717, 1.165) is 24.3 Å². The van der Waals surface area contributed by atoms with E-state index in [2.05, 4.69) is 0 Å². The summed E-state index contributed by atoms with van der Waals surface area (Å²) in [6.07, 6.45) is -0.000648. The lowest BCUT2D eigenvalue weighted by Gasteiger charge is -2.09. The third-order valence-corrected chi connectivity index (χ3v) is 2.73. The van der Waals surface area contributed by atoms with Crippen molar-refractivity contribution in [2.75, 3.05) is 0 Å². The van der Waals surface area contributed by atoms with Crippen molar-refractivity contribution in [2.24, 2.45) is 0 Å². The van der Waals surface area contributed by atoms with Gasteiger partial charge in [-0.2, -0.15) is 0 Å². The molecule has 2 aromatic rings. The van der Waals surface area contributed by atoms with Crippen LogP contribution in [0, 0.1) is 0 Å². The highest BCUT2D eigenvalue weighted by molar-refractivity contribution is 5.54. The van der Waals surface area contributed by atoms with E-state index in [4.69, 9.17) is 0 Å². The molecule has 0 saturated heterocycles. The van der Waals surface area contributed by atoms with Gasteiger partial charge < -0.3 is 30.6 Å². The summed E-state index contributed by atoms with van der Waals surface area (Å²) in [5.41, 5.74) is 0.492. The Labute approximate surface area is 108 Å². The standard InChI is InChI=1S/C13H12O6/c14-8-4-12(18)10(16)2-6(8)1-7-3-11(17)13(19)5-9(7)15/h2-5,14-19H,1H2. The van der Waals surface area contributed by atoms with Crippen molar-refractivity contribution in [3.8, 4) is 34.5 Å². The van der Waals surface area contributed by atoms with E-state index in [1.165, 1.54) is 0 Å². The first-order chi connectivity index (χ1) is 8.88. The van der Waals surface area contributed by atoms with Gasteiger partial charge in [-0.05, 0) is 12.1 Å². The normalized spacial score (nSPS) is 10.5. The van der Waals surface area contributed by atoms with Crippen LogP contribution in [-0.4, -0.2) is 30.6 Å². The van der Waals surface area contributed by atoms with Gasteiger partial charge in [0.1, 0.15) is 11.5 Å². The zero-order chi connectivity index (χ0) is 14.2. The molecule has 6 nitrogen and oxygen atoms in total. The molecule has 0 aliphatic heterocycles. The number of rotatable bonds is 2. The molecule has 0 amide bonds. The van der Waals surface area contributed by atoms with Gasteiger partial charge in [-0.3, -0.25) is 0 Å². The third kappa shape index (κ3) is 2.42. The summed E-state index contributed by atoms with van der Waals surface area (Å²) < 4.78 is 0. The molecule has 0 fully saturated rings. The fourth-order valence-corrected chi connectivity index (χ4v) is 1.71. The summed E-state index contributed by atoms with van der Waals surface area (Å²) in [5, 5.41) is 56.4. The Kier molecular flexibility index (Phi) is 3.00. The van der Waals surface area contributed by atoms with E-state index in [1.54, 1.807) is 0 Å². The van der Waals surface area contributed by atoms with E-state index in [-0.39, 0.29) is 29.0 Å². The van der Waals surface area contributed by atoms with Crippen LogP contribution in [0.4, 0.5) is 0 Å². The number of hydrogen-bond donors (Lipinski definition) is 6. The molecule has 100 valence electrons. The summed E-state index contributed by atoms with van der Waals surface area (Å²) in [7, 11) is 0. The number of phenolic OH excluding ortho intramolecular Hbond substituents is 6. The minimum absolute atomic E-state index is 0.000648. The van der Waals surface area contributed by atoms with Crippen molar-refractivity contribution in [1.82, 2.24) is 0 Å². The smallest absolute Gasteiger partial charge is 0.161 e. The Balaban J connectivity index is 2.42. The average Bonchev–Trinajstić information content (AvgIpc) is 2.32. The number of aromatic hydroxyl groups is 6. The van der Waals surface area contributed by atoms with Crippen LogP contribution in [0.1, 0.15) is 11.1 Å². The Morgan fingerprint density at radius 1 is 0.474 bits per heavy atom. The van der Waals surface area contributed by atoms with Crippen LogP contribution in [0.3, 0.4) is 0 Å². The van der Waals surface area contributed by atoms with Crippen molar-refractivity contribution in [2.45, 2.75) is 6.42 Å². The third-order valence-electron chi connectivity index (χ3n) is 2.73. The lowest BCUT2D eigenvalue weighted by molar-refractivity contribution is 0.392. The van der Waals surface area contributed by atoms with Crippen LogP contribution in [0.2, 0.25) is 0 Å². The van der Waals surface area contributed by atoms with E-state index in [1.807, 2.05) is 0 Å². The topological polar surface area (TPSA) is 121 Å². The predicted octanol–water partition coefficient (Wildman–Crippen LogP) is 1.51. The minimum atomic E-state index is -0.459. The Morgan fingerprint density at radius 3 is 1.16 bits per heavy atom. The van der Waals surface area contributed by atoms with Crippen LogP contribution in [0.5, 0.6) is 34.5 Å². The first kappa shape index (κ1) is 12.7. The Hall–Kier alpha value is -2.76. The molecule has 0 aromatic heterocycles. The predicted molar refractivity (Wildman–Crippen MR) is 65.7 cm³/mol. The van der Waals surface area contributed by atoms with Gasteiger partial charge in [0.15, 0.2) is 23.0 Å². The van der Waals surface area contributed by atoms with Crippen LogP contribution in [0.15, 0.2) is 24.3 Å². The van der Waals surface area contributed by atoms with E-state index < -0.39 is 23.0 Å². The fraction of sp³-hybridized carbons (Fsp3) is 0.0769. The lowest BCUT2D eigenvalue weighted by Crippen LogP contribution is -1.90. The Morgan fingerprint density at radius 2 is 0.789 bits per heavy atom. The maximum atomic E-state index is 9.63. The van der Waals surface area contributed by atoms with Crippen molar-refractivity contribution in [3.63, 3.8) is 0 Å². The van der Waals surface area contributed by atoms with Gasteiger partial charge in [-0.15, -0.1) is 0 Å². The number of phenols is 6. The number of benzene rings is 2. The molecule has 0 aliphatic rings. The van der Waals surface area contributed by atoms with Crippen molar-refractivity contribution in [3.05, 3.63) is 35.4 Å². The second kappa shape index (κ2) is 4.49. The van der Waals surface area contributed by atoms with Crippen LogP contribution < -0.4 is 0 Å². The Bertz CT molecular complexity index is 580. The van der Waals surface area contributed by atoms with Crippen LogP contribution in [-0.2, 0) is 6.42 Å². The summed E-state index contributed by atoms with van der Waals surface area (Å²) in [6, 6.07) is 4.24. The molecule has 0 spiro atoms. The van der Waals surface area contributed by atoms with Gasteiger partial charge in [0, 0.05) is 29.7 Å². The highest BCUT2D eigenvalue weighted by Gasteiger charge is 2.13. The quantitative estimate of drug-likeness (QED) is 0.361. The van der Waals surface area contributed by atoms with E-state index >= 15 is 0 Å². The van der Waals surface area contributed by atoms with Gasteiger partial charge in [-0.25, -0.2) is 0 Å². The van der Waals surface area contributed by atoms with E-state index in [0.29, 0.717) is 0 Å². The maximum absolute atomic E-state index is 9.63. The molecule has 0 unspecified atom stereocenters. The molecule has 0 saturated carbocycles. The number of hydrogen-bond acceptors (Lipinski definition) is 6. The monoisotopic (exact) mass is 264 g/mol. The SMILES string of the molecule is Oc1cc(O)c(Cc2cc(O)c(O)cc2O)cc1O.